The third-order valence-corrected chi connectivity index (χ3v) is 4.03. The Kier molecular flexibility index (Phi) is 5.03. The Labute approximate surface area is 145 Å². The molecule has 1 atom stereocenters. The third-order valence-electron chi connectivity index (χ3n) is 4.03. The maximum atomic E-state index is 12.8. The lowest BCUT2D eigenvalue weighted by Gasteiger charge is -2.15. The molecule has 0 saturated carbocycles. The quantitative estimate of drug-likeness (QED) is 0.721. The smallest absolute Gasteiger partial charge is 0.235 e. The first-order valence-corrected chi connectivity index (χ1v) is 7.90. The van der Waals surface area contributed by atoms with E-state index in [0.717, 1.165) is 16.9 Å². The van der Waals surface area contributed by atoms with Crippen LogP contribution in [0.15, 0.2) is 48.5 Å². The Hall–Kier alpha value is -3.22. The molecule has 0 bridgehead atoms. The van der Waals surface area contributed by atoms with Gasteiger partial charge in [0.2, 0.25) is 5.91 Å². The fourth-order valence-corrected chi connectivity index (χ4v) is 2.58. The largest absolute Gasteiger partial charge is 0.497 e. The second-order valence-electron chi connectivity index (χ2n) is 5.67. The minimum Gasteiger partial charge on any atom is -0.497 e. The van der Waals surface area contributed by atoms with E-state index in [9.17, 15) is 4.79 Å². The number of aryl methyl sites for hydroxylation is 1. The predicted octanol–water partition coefficient (Wildman–Crippen LogP) is 2.48. The molecule has 0 aliphatic rings. The number of nitrogens with zero attached hydrogens (tertiary/aromatic N) is 3. The first-order chi connectivity index (χ1) is 12.2. The molecule has 0 saturated heterocycles. The summed E-state index contributed by atoms with van der Waals surface area (Å²) in [7, 11) is 1.60. The Morgan fingerprint density at radius 3 is 2.60 bits per heavy atom. The van der Waals surface area contributed by atoms with Gasteiger partial charge in [0.25, 0.3) is 0 Å². The Bertz CT molecular complexity index is 831. The molecule has 1 aromatic heterocycles. The molecule has 0 aliphatic carbocycles. The van der Waals surface area contributed by atoms with E-state index in [2.05, 4.69) is 25.9 Å². The summed E-state index contributed by atoms with van der Waals surface area (Å²) in [6.45, 7) is 2.02. The molecule has 1 unspecified atom stereocenters. The number of amides is 1. The Balaban J connectivity index is 1.81. The van der Waals surface area contributed by atoms with Crippen molar-refractivity contribution in [2.75, 3.05) is 12.4 Å². The summed E-state index contributed by atoms with van der Waals surface area (Å²) < 4.78 is 5.13. The topological polar surface area (TPSA) is 92.8 Å². The lowest BCUT2D eigenvalue weighted by Crippen LogP contribution is -2.24. The molecule has 3 rings (SSSR count). The van der Waals surface area contributed by atoms with E-state index < -0.39 is 5.92 Å². The highest BCUT2D eigenvalue weighted by Gasteiger charge is 2.26. The molecule has 25 heavy (non-hydrogen) atoms. The molecule has 0 aliphatic heterocycles. The molecule has 128 valence electrons. The average molecular weight is 337 g/mol. The van der Waals surface area contributed by atoms with Gasteiger partial charge in [0.1, 0.15) is 11.7 Å². The second kappa shape index (κ2) is 7.57. The number of tetrazole rings is 1. The van der Waals surface area contributed by atoms with Gasteiger partial charge in [-0.15, -0.1) is 10.2 Å². The molecule has 7 nitrogen and oxygen atoms in total. The van der Waals surface area contributed by atoms with Crippen molar-refractivity contribution in [3.8, 4) is 5.75 Å². The lowest BCUT2D eigenvalue weighted by molar-refractivity contribution is -0.117. The SMILES string of the molecule is COc1ccc(NC(=O)C(Cc2ccccc2C)c2nn[nH]n2)cc1. The van der Waals surface area contributed by atoms with Crippen molar-refractivity contribution < 1.29 is 9.53 Å². The highest BCUT2D eigenvalue weighted by Crippen LogP contribution is 2.22. The Morgan fingerprint density at radius 2 is 1.96 bits per heavy atom. The number of carbonyl (C=O) groups excluding carboxylic acids is 1. The first kappa shape index (κ1) is 16.6. The van der Waals surface area contributed by atoms with Gasteiger partial charge in [-0.25, -0.2) is 0 Å². The van der Waals surface area contributed by atoms with Gasteiger partial charge in [-0.1, -0.05) is 29.5 Å². The van der Waals surface area contributed by atoms with Crippen LogP contribution in [-0.4, -0.2) is 33.6 Å². The van der Waals surface area contributed by atoms with Crippen LogP contribution in [0, 0.1) is 6.92 Å². The van der Waals surface area contributed by atoms with E-state index in [1.54, 1.807) is 31.4 Å². The molecule has 0 fully saturated rings. The van der Waals surface area contributed by atoms with E-state index in [-0.39, 0.29) is 5.91 Å². The van der Waals surface area contributed by atoms with E-state index in [1.807, 2.05) is 31.2 Å². The zero-order chi connectivity index (χ0) is 17.6. The molecular formula is C18H19N5O2. The van der Waals surface area contributed by atoms with E-state index >= 15 is 0 Å². The summed E-state index contributed by atoms with van der Waals surface area (Å²) >= 11 is 0. The maximum Gasteiger partial charge on any atom is 0.235 e. The van der Waals surface area contributed by atoms with Gasteiger partial charge in [-0.3, -0.25) is 4.79 Å². The van der Waals surface area contributed by atoms with Crippen LogP contribution < -0.4 is 10.1 Å². The number of nitrogens with one attached hydrogen (secondary N) is 2. The van der Waals surface area contributed by atoms with Crippen LogP contribution >= 0.6 is 0 Å². The van der Waals surface area contributed by atoms with Crippen LogP contribution in [0.1, 0.15) is 22.9 Å². The van der Waals surface area contributed by atoms with Crippen LogP contribution in [0.3, 0.4) is 0 Å². The molecule has 0 spiro atoms. The highest BCUT2D eigenvalue weighted by molar-refractivity contribution is 5.95. The van der Waals surface area contributed by atoms with Crippen molar-refractivity contribution in [3.63, 3.8) is 0 Å². The van der Waals surface area contributed by atoms with Crippen LogP contribution in [0.5, 0.6) is 5.75 Å². The minimum absolute atomic E-state index is 0.185. The third kappa shape index (κ3) is 4.00. The van der Waals surface area contributed by atoms with Gasteiger partial charge >= 0.3 is 0 Å². The first-order valence-electron chi connectivity index (χ1n) is 7.90. The maximum absolute atomic E-state index is 12.8. The fraction of sp³-hybridized carbons (Fsp3) is 0.222. The van der Waals surface area contributed by atoms with Crippen LogP contribution in [0.4, 0.5) is 5.69 Å². The van der Waals surface area contributed by atoms with Crippen molar-refractivity contribution in [2.24, 2.45) is 0 Å². The number of hydrogen-bond donors (Lipinski definition) is 2. The molecule has 0 radical (unpaired) electrons. The van der Waals surface area contributed by atoms with Crippen molar-refractivity contribution in [3.05, 3.63) is 65.5 Å². The fourth-order valence-electron chi connectivity index (χ4n) is 2.58. The van der Waals surface area contributed by atoms with Crippen LogP contribution in [0.2, 0.25) is 0 Å². The van der Waals surface area contributed by atoms with Gasteiger partial charge in [0, 0.05) is 5.69 Å². The number of aromatic amines is 1. The summed E-state index contributed by atoms with van der Waals surface area (Å²) in [5.41, 5.74) is 2.87. The molecule has 3 aromatic rings. The summed E-state index contributed by atoms with van der Waals surface area (Å²) in [5, 5.41) is 16.9. The van der Waals surface area contributed by atoms with Crippen molar-refractivity contribution in [1.82, 2.24) is 20.6 Å². The van der Waals surface area contributed by atoms with Crippen LogP contribution in [-0.2, 0) is 11.2 Å². The number of ether oxygens (including phenoxy) is 1. The zero-order valence-corrected chi connectivity index (χ0v) is 14.1. The second-order valence-corrected chi connectivity index (χ2v) is 5.67. The summed E-state index contributed by atoms with van der Waals surface area (Å²) in [5.74, 6) is 0.374. The number of carbonyl (C=O) groups is 1. The van der Waals surface area contributed by atoms with Gasteiger partial charge in [-0.05, 0) is 48.7 Å². The number of H-pyrrole nitrogens is 1. The normalized spacial score (nSPS) is 11.8. The minimum atomic E-state index is -0.540. The number of hydrogen-bond acceptors (Lipinski definition) is 5. The van der Waals surface area contributed by atoms with Crippen molar-refractivity contribution in [2.45, 2.75) is 19.3 Å². The summed E-state index contributed by atoms with van der Waals surface area (Å²) in [6, 6.07) is 15.1. The van der Waals surface area contributed by atoms with Gasteiger partial charge in [0.15, 0.2) is 5.82 Å². The number of aromatic nitrogens is 4. The monoisotopic (exact) mass is 337 g/mol. The number of methoxy groups -OCH3 is 1. The van der Waals surface area contributed by atoms with E-state index in [1.165, 1.54) is 0 Å². The highest BCUT2D eigenvalue weighted by atomic mass is 16.5. The molecule has 1 amide bonds. The molecule has 2 aromatic carbocycles. The predicted molar refractivity (Wildman–Crippen MR) is 93.4 cm³/mol. The molecule has 2 N–H and O–H groups in total. The van der Waals surface area contributed by atoms with Gasteiger partial charge in [0.05, 0.1) is 7.11 Å². The number of benzene rings is 2. The van der Waals surface area contributed by atoms with Crippen molar-refractivity contribution in [1.29, 1.82) is 0 Å². The average Bonchev–Trinajstić information content (AvgIpc) is 3.16. The molecule has 7 heteroatoms. The van der Waals surface area contributed by atoms with Crippen LogP contribution in [0.25, 0.3) is 0 Å². The van der Waals surface area contributed by atoms with E-state index in [0.29, 0.717) is 17.9 Å². The number of rotatable bonds is 6. The van der Waals surface area contributed by atoms with Gasteiger partial charge in [-0.2, -0.15) is 5.21 Å². The number of anilines is 1. The Morgan fingerprint density at radius 1 is 1.20 bits per heavy atom. The molecular weight excluding hydrogens is 318 g/mol. The summed E-state index contributed by atoms with van der Waals surface area (Å²) in [4.78, 5) is 12.8. The van der Waals surface area contributed by atoms with E-state index in [4.69, 9.17) is 4.74 Å². The zero-order valence-electron chi connectivity index (χ0n) is 14.1. The molecule has 1 heterocycles. The van der Waals surface area contributed by atoms with Crippen molar-refractivity contribution >= 4 is 11.6 Å². The lowest BCUT2D eigenvalue weighted by atomic mass is 9.94. The standard InChI is InChI=1S/C18H19N5O2/c1-12-5-3-4-6-13(12)11-16(17-20-22-23-21-17)18(24)19-14-7-9-15(25-2)10-8-14/h3-10,16H,11H2,1-2H3,(H,19,24)(H,20,21,22,23). The summed E-state index contributed by atoms with van der Waals surface area (Å²) in [6.07, 6.45) is 0.494. The van der Waals surface area contributed by atoms with Gasteiger partial charge < -0.3 is 10.1 Å².